The standard InChI is InChI=1S/C18H25FN2O2/c1-13(2)8-10-21-12-15(11-17(21)22)18(23)20-9-7-14-5-3-4-6-16(14)19/h3-6,13,15H,7-12H2,1-2H3,(H,20,23). The second-order valence-electron chi connectivity index (χ2n) is 6.56. The summed E-state index contributed by atoms with van der Waals surface area (Å²) < 4.78 is 13.5. The van der Waals surface area contributed by atoms with Crippen LogP contribution in [0.1, 0.15) is 32.3 Å². The molecule has 1 saturated heterocycles. The summed E-state index contributed by atoms with van der Waals surface area (Å²) in [6.45, 7) is 5.84. The van der Waals surface area contributed by atoms with Crippen LogP contribution in [0, 0.1) is 17.7 Å². The fourth-order valence-corrected chi connectivity index (χ4v) is 2.74. The minimum Gasteiger partial charge on any atom is -0.355 e. The van der Waals surface area contributed by atoms with Gasteiger partial charge in [0.15, 0.2) is 0 Å². The number of rotatable bonds is 7. The van der Waals surface area contributed by atoms with Gasteiger partial charge >= 0.3 is 0 Å². The molecule has 1 fully saturated rings. The first kappa shape index (κ1) is 17.4. The lowest BCUT2D eigenvalue weighted by atomic mass is 10.1. The number of benzene rings is 1. The predicted molar refractivity (Wildman–Crippen MR) is 87.3 cm³/mol. The summed E-state index contributed by atoms with van der Waals surface area (Å²) in [6.07, 6.45) is 1.69. The monoisotopic (exact) mass is 320 g/mol. The van der Waals surface area contributed by atoms with Crippen LogP contribution in [0.2, 0.25) is 0 Å². The van der Waals surface area contributed by atoms with Gasteiger partial charge in [-0.1, -0.05) is 32.0 Å². The molecule has 1 aromatic rings. The first-order chi connectivity index (χ1) is 11.0. The average Bonchev–Trinajstić information content (AvgIpc) is 2.88. The summed E-state index contributed by atoms with van der Waals surface area (Å²) in [7, 11) is 0. The van der Waals surface area contributed by atoms with Crippen molar-refractivity contribution < 1.29 is 14.0 Å². The van der Waals surface area contributed by atoms with Crippen LogP contribution in [0.25, 0.3) is 0 Å². The van der Waals surface area contributed by atoms with E-state index in [2.05, 4.69) is 19.2 Å². The van der Waals surface area contributed by atoms with Gasteiger partial charge in [-0.3, -0.25) is 9.59 Å². The number of hydrogen-bond acceptors (Lipinski definition) is 2. The number of hydrogen-bond donors (Lipinski definition) is 1. The van der Waals surface area contributed by atoms with Gasteiger partial charge in [0.1, 0.15) is 5.82 Å². The Bertz CT molecular complexity index is 560. The molecule has 2 rings (SSSR count). The van der Waals surface area contributed by atoms with Gasteiger partial charge in [0.2, 0.25) is 11.8 Å². The van der Waals surface area contributed by atoms with Crippen LogP contribution in [0.4, 0.5) is 4.39 Å². The zero-order valence-electron chi connectivity index (χ0n) is 13.8. The molecular weight excluding hydrogens is 295 g/mol. The van der Waals surface area contributed by atoms with Crippen molar-refractivity contribution in [3.8, 4) is 0 Å². The zero-order chi connectivity index (χ0) is 16.8. The molecule has 5 heteroatoms. The smallest absolute Gasteiger partial charge is 0.225 e. The van der Waals surface area contributed by atoms with Crippen molar-refractivity contribution in [2.24, 2.45) is 11.8 Å². The summed E-state index contributed by atoms with van der Waals surface area (Å²) in [5.41, 5.74) is 0.592. The van der Waals surface area contributed by atoms with E-state index in [9.17, 15) is 14.0 Å². The second-order valence-corrected chi connectivity index (χ2v) is 6.56. The Morgan fingerprint density at radius 2 is 2.13 bits per heavy atom. The molecule has 1 unspecified atom stereocenters. The summed E-state index contributed by atoms with van der Waals surface area (Å²) >= 11 is 0. The van der Waals surface area contributed by atoms with E-state index in [-0.39, 0.29) is 30.0 Å². The highest BCUT2D eigenvalue weighted by atomic mass is 19.1. The van der Waals surface area contributed by atoms with Crippen LogP contribution in [0.15, 0.2) is 24.3 Å². The van der Waals surface area contributed by atoms with Crippen LogP contribution in [-0.2, 0) is 16.0 Å². The van der Waals surface area contributed by atoms with E-state index in [4.69, 9.17) is 0 Å². The molecule has 0 saturated carbocycles. The van der Waals surface area contributed by atoms with Gasteiger partial charge in [-0.2, -0.15) is 0 Å². The molecule has 1 aliphatic heterocycles. The molecule has 4 nitrogen and oxygen atoms in total. The molecule has 126 valence electrons. The van der Waals surface area contributed by atoms with Gasteiger partial charge < -0.3 is 10.2 Å². The quantitative estimate of drug-likeness (QED) is 0.838. The molecule has 0 aliphatic carbocycles. The number of carbonyl (C=O) groups is 2. The SMILES string of the molecule is CC(C)CCN1CC(C(=O)NCCc2ccccc2F)CC1=O. The Morgan fingerprint density at radius 3 is 2.83 bits per heavy atom. The van der Waals surface area contributed by atoms with Crippen molar-refractivity contribution in [2.45, 2.75) is 33.1 Å². The topological polar surface area (TPSA) is 49.4 Å². The van der Waals surface area contributed by atoms with Crippen molar-refractivity contribution in [1.29, 1.82) is 0 Å². The average molecular weight is 320 g/mol. The molecule has 1 N–H and O–H groups in total. The van der Waals surface area contributed by atoms with Gasteiger partial charge in [0, 0.05) is 26.1 Å². The van der Waals surface area contributed by atoms with E-state index in [0.29, 0.717) is 31.0 Å². The van der Waals surface area contributed by atoms with E-state index in [1.165, 1.54) is 6.07 Å². The molecule has 0 bridgehead atoms. The van der Waals surface area contributed by atoms with Crippen molar-refractivity contribution >= 4 is 11.8 Å². The third kappa shape index (κ3) is 5.05. The third-order valence-electron chi connectivity index (χ3n) is 4.21. The van der Waals surface area contributed by atoms with Gasteiger partial charge in [-0.25, -0.2) is 4.39 Å². The molecule has 1 aliphatic rings. The van der Waals surface area contributed by atoms with E-state index in [1.807, 2.05) is 0 Å². The van der Waals surface area contributed by atoms with Crippen LogP contribution in [0.5, 0.6) is 0 Å². The fourth-order valence-electron chi connectivity index (χ4n) is 2.74. The molecule has 23 heavy (non-hydrogen) atoms. The van der Waals surface area contributed by atoms with Crippen molar-refractivity contribution in [3.63, 3.8) is 0 Å². The molecule has 2 amide bonds. The normalized spacial score (nSPS) is 17.8. The Hall–Kier alpha value is -1.91. The van der Waals surface area contributed by atoms with E-state index < -0.39 is 0 Å². The maximum absolute atomic E-state index is 13.5. The molecule has 1 atom stereocenters. The van der Waals surface area contributed by atoms with E-state index in [0.717, 1.165) is 13.0 Å². The minimum atomic E-state index is -0.282. The van der Waals surface area contributed by atoms with Gasteiger partial charge in [-0.15, -0.1) is 0 Å². The Kier molecular flexibility index (Phi) is 6.13. The number of halogens is 1. The molecule has 0 aromatic heterocycles. The van der Waals surface area contributed by atoms with Gasteiger partial charge in [-0.05, 0) is 30.4 Å². The zero-order valence-corrected chi connectivity index (χ0v) is 13.8. The molecular formula is C18H25FN2O2. The predicted octanol–water partition coefficient (Wildman–Crippen LogP) is 2.38. The minimum absolute atomic E-state index is 0.0555. The van der Waals surface area contributed by atoms with Crippen LogP contribution >= 0.6 is 0 Å². The first-order valence-corrected chi connectivity index (χ1v) is 8.26. The summed E-state index contributed by atoms with van der Waals surface area (Å²) in [4.78, 5) is 25.9. The summed E-state index contributed by atoms with van der Waals surface area (Å²) in [5, 5.41) is 2.82. The summed E-state index contributed by atoms with van der Waals surface area (Å²) in [6, 6.07) is 6.56. The molecule has 1 aromatic carbocycles. The molecule has 1 heterocycles. The Morgan fingerprint density at radius 1 is 1.39 bits per heavy atom. The van der Waals surface area contributed by atoms with Crippen LogP contribution in [-0.4, -0.2) is 36.3 Å². The second kappa shape index (κ2) is 8.09. The lowest BCUT2D eigenvalue weighted by Gasteiger charge is -2.17. The highest BCUT2D eigenvalue weighted by molar-refractivity contribution is 5.89. The maximum Gasteiger partial charge on any atom is 0.225 e. The van der Waals surface area contributed by atoms with E-state index >= 15 is 0 Å². The third-order valence-corrected chi connectivity index (χ3v) is 4.21. The number of nitrogens with one attached hydrogen (secondary N) is 1. The van der Waals surface area contributed by atoms with Crippen molar-refractivity contribution in [3.05, 3.63) is 35.6 Å². The number of nitrogens with zero attached hydrogens (tertiary/aromatic N) is 1. The van der Waals surface area contributed by atoms with Crippen LogP contribution in [0.3, 0.4) is 0 Å². The Balaban J connectivity index is 1.76. The molecule has 0 radical (unpaired) electrons. The number of amides is 2. The van der Waals surface area contributed by atoms with Crippen molar-refractivity contribution in [2.75, 3.05) is 19.6 Å². The summed E-state index contributed by atoms with van der Waals surface area (Å²) in [5.74, 6) is -0.0500. The number of carbonyl (C=O) groups excluding carboxylic acids is 2. The first-order valence-electron chi connectivity index (χ1n) is 8.26. The van der Waals surface area contributed by atoms with Gasteiger partial charge in [0.25, 0.3) is 0 Å². The fraction of sp³-hybridized carbons (Fsp3) is 0.556. The van der Waals surface area contributed by atoms with Crippen molar-refractivity contribution in [1.82, 2.24) is 10.2 Å². The van der Waals surface area contributed by atoms with Crippen LogP contribution < -0.4 is 5.32 Å². The van der Waals surface area contributed by atoms with Gasteiger partial charge in [0.05, 0.1) is 5.92 Å². The molecule has 0 spiro atoms. The lowest BCUT2D eigenvalue weighted by molar-refractivity contribution is -0.129. The Labute approximate surface area is 137 Å². The largest absolute Gasteiger partial charge is 0.355 e. The highest BCUT2D eigenvalue weighted by Gasteiger charge is 2.33. The highest BCUT2D eigenvalue weighted by Crippen LogP contribution is 2.19. The maximum atomic E-state index is 13.5. The lowest BCUT2D eigenvalue weighted by Crippen LogP contribution is -2.34. The number of likely N-dealkylation sites (tertiary alicyclic amines) is 1. The van der Waals surface area contributed by atoms with E-state index in [1.54, 1.807) is 23.1 Å².